The van der Waals surface area contributed by atoms with Crippen LogP contribution in [0.3, 0.4) is 0 Å². The quantitative estimate of drug-likeness (QED) is 0.406. The molecule has 5 nitrogen and oxygen atoms in total. The average molecular weight is 216 g/mol. The van der Waals surface area contributed by atoms with Gasteiger partial charge in [0.15, 0.2) is 5.92 Å². The van der Waals surface area contributed by atoms with Crippen LogP contribution in [0.2, 0.25) is 0 Å². The number of aliphatic hydroxyl groups is 1. The molecule has 0 saturated carbocycles. The van der Waals surface area contributed by atoms with E-state index in [9.17, 15) is 9.59 Å². The highest BCUT2D eigenvalue weighted by atomic mass is 16.5. The van der Waals surface area contributed by atoms with Crippen LogP contribution in [0.5, 0.6) is 0 Å². The summed E-state index contributed by atoms with van der Waals surface area (Å²) in [6.07, 6.45) is 1.78. The fourth-order valence-electron chi connectivity index (χ4n) is 0.957. The van der Waals surface area contributed by atoms with Crippen molar-refractivity contribution in [2.24, 2.45) is 5.92 Å². The van der Waals surface area contributed by atoms with Crippen LogP contribution in [0.1, 0.15) is 13.3 Å². The summed E-state index contributed by atoms with van der Waals surface area (Å²) in [4.78, 5) is 22.4. The van der Waals surface area contributed by atoms with Crippen LogP contribution in [0.4, 0.5) is 0 Å². The third kappa shape index (κ3) is 4.60. The number of esters is 2. The maximum absolute atomic E-state index is 11.2. The van der Waals surface area contributed by atoms with Gasteiger partial charge in [0.2, 0.25) is 0 Å². The van der Waals surface area contributed by atoms with E-state index in [4.69, 9.17) is 5.11 Å². The maximum Gasteiger partial charge on any atom is 0.320 e. The lowest BCUT2D eigenvalue weighted by Gasteiger charge is -2.10. The van der Waals surface area contributed by atoms with Crippen molar-refractivity contribution in [2.45, 2.75) is 13.3 Å². The number of allylic oxidation sites excluding steroid dienone is 1. The van der Waals surface area contributed by atoms with Crippen LogP contribution in [-0.2, 0) is 19.1 Å². The third-order valence-electron chi connectivity index (χ3n) is 1.92. The molecular formula is C10H16O5. The molecule has 0 aromatic rings. The molecular weight excluding hydrogens is 200 g/mol. The van der Waals surface area contributed by atoms with Gasteiger partial charge < -0.3 is 14.6 Å². The summed E-state index contributed by atoms with van der Waals surface area (Å²) >= 11 is 0. The second-order valence-corrected chi connectivity index (χ2v) is 3.04. The van der Waals surface area contributed by atoms with E-state index in [1.165, 1.54) is 14.2 Å². The molecule has 5 heteroatoms. The van der Waals surface area contributed by atoms with Crippen molar-refractivity contribution in [2.75, 3.05) is 20.8 Å². The van der Waals surface area contributed by atoms with Crippen molar-refractivity contribution >= 4 is 11.9 Å². The molecule has 15 heavy (non-hydrogen) atoms. The van der Waals surface area contributed by atoms with Crippen molar-refractivity contribution in [3.05, 3.63) is 11.6 Å². The molecule has 0 aliphatic heterocycles. The Morgan fingerprint density at radius 1 is 1.27 bits per heavy atom. The molecule has 0 unspecified atom stereocenters. The first-order valence-corrected chi connectivity index (χ1v) is 4.49. The van der Waals surface area contributed by atoms with Gasteiger partial charge in [-0.15, -0.1) is 0 Å². The summed E-state index contributed by atoms with van der Waals surface area (Å²) in [5, 5.41) is 8.74. The number of aliphatic hydroxyl groups excluding tert-OH is 1. The predicted molar refractivity (Wildman–Crippen MR) is 53.0 cm³/mol. The lowest BCUT2D eigenvalue weighted by molar-refractivity contribution is -0.158. The minimum absolute atomic E-state index is 0.102. The second-order valence-electron chi connectivity index (χ2n) is 3.04. The third-order valence-corrected chi connectivity index (χ3v) is 1.92. The predicted octanol–water partition coefficient (Wildman–Crippen LogP) is 0.277. The molecule has 1 N–H and O–H groups in total. The zero-order valence-electron chi connectivity index (χ0n) is 9.15. The zero-order chi connectivity index (χ0) is 11.8. The summed E-state index contributed by atoms with van der Waals surface area (Å²) in [5.74, 6) is -2.23. The highest BCUT2D eigenvalue weighted by molar-refractivity contribution is 5.94. The van der Waals surface area contributed by atoms with Gasteiger partial charge in [0, 0.05) is 0 Å². The van der Waals surface area contributed by atoms with Crippen molar-refractivity contribution in [3.8, 4) is 0 Å². The summed E-state index contributed by atoms with van der Waals surface area (Å²) in [7, 11) is 2.42. The van der Waals surface area contributed by atoms with Crippen LogP contribution < -0.4 is 0 Å². The molecule has 0 heterocycles. The Labute approximate surface area is 88.7 Å². The Balaban J connectivity index is 4.52. The first kappa shape index (κ1) is 13.6. The minimum atomic E-state index is -0.957. The Kier molecular flexibility index (Phi) is 6.37. The van der Waals surface area contributed by atoms with E-state index >= 15 is 0 Å². The van der Waals surface area contributed by atoms with E-state index in [0.717, 1.165) is 0 Å². The average Bonchev–Trinajstić information content (AvgIpc) is 2.27. The molecule has 0 aliphatic rings. The summed E-state index contributed by atoms with van der Waals surface area (Å²) in [5.41, 5.74) is 0.688. The maximum atomic E-state index is 11.2. The number of hydrogen-bond donors (Lipinski definition) is 1. The van der Waals surface area contributed by atoms with Crippen molar-refractivity contribution < 1.29 is 24.2 Å². The SMILES string of the molecule is COC(=O)C(C/C=C(\C)CO)C(=O)OC. The lowest BCUT2D eigenvalue weighted by atomic mass is 10.0. The summed E-state index contributed by atoms with van der Waals surface area (Å²) < 4.78 is 8.94. The topological polar surface area (TPSA) is 72.8 Å². The van der Waals surface area contributed by atoms with Gasteiger partial charge in [0.1, 0.15) is 0 Å². The molecule has 0 aliphatic carbocycles. The van der Waals surface area contributed by atoms with Gasteiger partial charge in [-0.05, 0) is 13.3 Å². The van der Waals surface area contributed by atoms with Gasteiger partial charge in [-0.3, -0.25) is 9.59 Å². The Hall–Kier alpha value is -1.36. The van der Waals surface area contributed by atoms with Crippen LogP contribution in [-0.4, -0.2) is 37.9 Å². The molecule has 0 amide bonds. The first-order valence-electron chi connectivity index (χ1n) is 4.49. The van der Waals surface area contributed by atoms with Gasteiger partial charge in [0.25, 0.3) is 0 Å². The van der Waals surface area contributed by atoms with Gasteiger partial charge in [0.05, 0.1) is 20.8 Å². The Morgan fingerprint density at radius 3 is 2.07 bits per heavy atom. The largest absolute Gasteiger partial charge is 0.468 e. The van der Waals surface area contributed by atoms with E-state index in [0.29, 0.717) is 5.57 Å². The van der Waals surface area contributed by atoms with Crippen LogP contribution in [0.15, 0.2) is 11.6 Å². The highest BCUT2D eigenvalue weighted by Crippen LogP contribution is 2.10. The molecule has 86 valence electrons. The molecule has 0 spiro atoms. The molecule has 0 bridgehead atoms. The van der Waals surface area contributed by atoms with E-state index in [1.54, 1.807) is 13.0 Å². The molecule has 0 atom stereocenters. The number of hydrogen-bond acceptors (Lipinski definition) is 5. The molecule has 0 rings (SSSR count). The normalized spacial score (nSPS) is 11.4. The van der Waals surface area contributed by atoms with Crippen molar-refractivity contribution in [1.82, 2.24) is 0 Å². The number of ether oxygens (including phenoxy) is 2. The van der Waals surface area contributed by atoms with Crippen molar-refractivity contribution in [3.63, 3.8) is 0 Å². The lowest BCUT2D eigenvalue weighted by Crippen LogP contribution is -2.26. The Morgan fingerprint density at radius 2 is 1.73 bits per heavy atom. The highest BCUT2D eigenvalue weighted by Gasteiger charge is 2.27. The fourth-order valence-corrected chi connectivity index (χ4v) is 0.957. The Bertz CT molecular complexity index is 241. The molecule has 0 radical (unpaired) electrons. The van der Waals surface area contributed by atoms with Gasteiger partial charge >= 0.3 is 11.9 Å². The second kappa shape index (κ2) is 7.00. The van der Waals surface area contributed by atoms with Crippen LogP contribution in [0.25, 0.3) is 0 Å². The summed E-state index contributed by atoms with van der Waals surface area (Å²) in [6.45, 7) is 1.60. The van der Waals surface area contributed by atoms with E-state index in [-0.39, 0.29) is 13.0 Å². The van der Waals surface area contributed by atoms with Crippen LogP contribution in [0, 0.1) is 5.92 Å². The van der Waals surface area contributed by atoms with Gasteiger partial charge in [-0.25, -0.2) is 0 Å². The molecule has 0 fully saturated rings. The number of rotatable bonds is 5. The van der Waals surface area contributed by atoms with E-state index in [2.05, 4.69) is 9.47 Å². The van der Waals surface area contributed by atoms with E-state index < -0.39 is 17.9 Å². The standard InChI is InChI=1S/C10H16O5/c1-7(6-11)4-5-8(9(12)14-2)10(13)15-3/h4,8,11H,5-6H2,1-3H3/b7-4+. The molecule has 0 aromatic carbocycles. The van der Waals surface area contributed by atoms with Gasteiger partial charge in [-0.1, -0.05) is 11.6 Å². The van der Waals surface area contributed by atoms with E-state index in [1.807, 2.05) is 0 Å². The minimum Gasteiger partial charge on any atom is -0.468 e. The fraction of sp³-hybridized carbons (Fsp3) is 0.600. The molecule has 0 saturated heterocycles. The number of carbonyl (C=O) groups is 2. The number of carbonyl (C=O) groups excluding carboxylic acids is 2. The summed E-state index contributed by atoms with van der Waals surface area (Å²) in [6, 6.07) is 0. The molecule has 0 aromatic heterocycles. The monoisotopic (exact) mass is 216 g/mol. The zero-order valence-corrected chi connectivity index (χ0v) is 9.15. The van der Waals surface area contributed by atoms with Crippen LogP contribution >= 0.6 is 0 Å². The first-order chi connectivity index (χ1) is 7.06. The number of methoxy groups -OCH3 is 2. The smallest absolute Gasteiger partial charge is 0.320 e. The van der Waals surface area contributed by atoms with Crippen molar-refractivity contribution in [1.29, 1.82) is 0 Å². The van der Waals surface area contributed by atoms with Gasteiger partial charge in [-0.2, -0.15) is 0 Å².